The quantitative estimate of drug-likeness (QED) is 0.588. The molecule has 5 N–H and O–H groups in total. The minimum Gasteiger partial charge on any atom is -0.395 e. The molecule has 0 unspecified atom stereocenters. The van der Waals surface area contributed by atoms with Gasteiger partial charge in [-0.3, -0.25) is 15.0 Å². The summed E-state index contributed by atoms with van der Waals surface area (Å²) in [6, 6.07) is 5.56. The minimum atomic E-state index is -0.315. The number of hydrogen-bond acceptors (Lipinski definition) is 4. The molecule has 1 aliphatic rings. The second kappa shape index (κ2) is 4.34. The summed E-state index contributed by atoms with van der Waals surface area (Å²) in [6.07, 6.45) is 3.87. The molecule has 21 heavy (non-hydrogen) atoms. The summed E-state index contributed by atoms with van der Waals surface area (Å²) in [5.74, 6) is 0.112. The third kappa shape index (κ3) is 1.94. The van der Waals surface area contributed by atoms with Crippen LogP contribution in [0.3, 0.4) is 0 Å². The Balaban J connectivity index is 1.65. The van der Waals surface area contributed by atoms with Gasteiger partial charge in [-0.25, -0.2) is 0 Å². The molecule has 1 fully saturated rings. The van der Waals surface area contributed by atoms with Crippen molar-refractivity contribution in [3.8, 4) is 0 Å². The highest BCUT2D eigenvalue weighted by molar-refractivity contribution is 6.10. The molecule has 1 amide bonds. The molecule has 7 heteroatoms. The third-order valence-electron chi connectivity index (χ3n) is 3.77. The van der Waals surface area contributed by atoms with Gasteiger partial charge in [0.1, 0.15) is 0 Å². The van der Waals surface area contributed by atoms with Gasteiger partial charge >= 0.3 is 0 Å². The molecule has 3 aromatic rings. The van der Waals surface area contributed by atoms with E-state index in [4.69, 9.17) is 5.73 Å². The number of rotatable bonds is 3. The molecule has 106 valence electrons. The molecule has 0 radical (unpaired) electrons. The number of H-pyrrole nitrogens is 2. The van der Waals surface area contributed by atoms with Crippen molar-refractivity contribution in [3.63, 3.8) is 0 Å². The molecule has 2 heterocycles. The fourth-order valence-electron chi connectivity index (χ4n) is 2.48. The molecule has 0 aliphatic heterocycles. The van der Waals surface area contributed by atoms with E-state index in [1.165, 1.54) is 0 Å². The Morgan fingerprint density at radius 1 is 1.33 bits per heavy atom. The monoisotopic (exact) mass is 282 g/mol. The average Bonchev–Trinajstić information content (AvgIpc) is 3.06. The predicted octanol–water partition coefficient (Wildman–Crippen LogP) is 2.00. The maximum absolute atomic E-state index is 12.4. The zero-order valence-electron chi connectivity index (χ0n) is 11.2. The Kier molecular flexibility index (Phi) is 2.47. The first-order chi connectivity index (χ1) is 10.2. The Bertz CT molecular complexity index is 829. The van der Waals surface area contributed by atoms with Gasteiger partial charge in [-0.15, -0.1) is 0 Å². The molecule has 7 nitrogen and oxygen atoms in total. The second-order valence-corrected chi connectivity index (χ2v) is 5.26. The topological polar surface area (TPSA) is 112 Å². The minimum absolute atomic E-state index is 0.248. The van der Waals surface area contributed by atoms with E-state index in [0.29, 0.717) is 17.3 Å². The van der Waals surface area contributed by atoms with Crippen molar-refractivity contribution >= 4 is 28.2 Å². The van der Waals surface area contributed by atoms with E-state index in [1.54, 1.807) is 6.20 Å². The SMILES string of the molecule is Nc1c(C(=O)Nc2cccc3[nH]ncc23)n[nH]c1C1CC1. The summed E-state index contributed by atoms with van der Waals surface area (Å²) >= 11 is 0. The Morgan fingerprint density at radius 2 is 2.19 bits per heavy atom. The lowest BCUT2D eigenvalue weighted by atomic mass is 10.2. The molecular formula is C14H14N6O. The number of anilines is 2. The van der Waals surface area contributed by atoms with Crippen molar-refractivity contribution in [3.05, 3.63) is 35.8 Å². The highest BCUT2D eigenvalue weighted by Gasteiger charge is 2.30. The van der Waals surface area contributed by atoms with Gasteiger partial charge in [-0.2, -0.15) is 10.2 Å². The number of carbonyl (C=O) groups is 1. The van der Waals surface area contributed by atoms with Crippen LogP contribution in [0.5, 0.6) is 0 Å². The number of carbonyl (C=O) groups excluding carboxylic acids is 1. The fourth-order valence-corrected chi connectivity index (χ4v) is 2.48. The zero-order valence-corrected chi connectivity index (χ0v) is 11.2. The largest absolute Gasteiger partial charge is 0.395 e. The van der Waals surface area contributed by atoms with Gasteiger partial charge in [0.15, 0.2) is 5.69 Å². The summed E-state index contributed by atoms with van der Waals surface area (Å²) in [6.45, 7) is 0. The lowest BCUT2D eigenvalue weighted by Gasteiger charge is -2.05. The van der Waals surface area contributed by atoms with Gasteiger partial charge in [0, 0.05) is 11.3 Å². The van der Waals surface area contributed by atoms with Crippen LogP contribution in [0.1, 0.15) is 34.9 Å². The van der Waals surface area contributed by atoms with Crippen LogP contribution in [0, 0.1) is 0 Å². The normalized spacial score (nSPS) is 14.5. The molecule has 1 aliphatic carbocycles. The van der Waals surface area contributed by atoms with Crippen molar-refractivity contribution < 1.29 is 4.79 Å². The Morgan fingerprint density at radius 3 is 3.00 bits per heavy atom. The molecular weight excluding hydrogens is 268 g/mol. The van der Waals surface area contributed by atoms with Gasteiger partial charge in [0.2, 0.25) is 0 Å². The molecule has 1 aromatic carbocycles. The summed E-state index contributed by atoms with van der Waals surface area (Å²) < 4.78 is 0. The molecule has 0 spiro atoms. The first kappa shape index (κ1) is 12.0. The van der Waals surface area contributed by atoms with E-state index in [-0.39, 0.29) is 11.6 Å². The van der Waals surface area contributed by atoms with Crippen LogP contribution in [0.4, 0.5) is 11.4 Å². The number of nitrogens with zero attached hydrogens (tertiary/aromatic N) is 2. The van der Waals surface area contributed by atoms with Crippen LogP contribution in [0.2, 0.25) is 0 Å². The van der Waals surface area contributed by atoms with E-state index in [1.807, 2.05) is 18.2 Å². The first-order valence-corrected chi connectivity index (χ1v) is 6.81. The van der Waals surface area contributed by atoms with Gasteiger partial charge < -0.3 is 11.1 Å². The lowest BCUT2D eigenvalue weighted by Crippen LogP contribution is -2.14. The van der Waals surface area contributed by atoms with Crippen molar-refractivity contribution in [2.24, 2.45) is 0 Å². The van der Waals surface area contributed by atoms with Crippen LogP contribution >= 0.6 is 0 Å². The van der Waals surface area contributed by atoms with Gasteiger partial charge in [0.05, 0.1) is 28.8 Å². The molecule has 4 rings (SSSR count). The highest BCUT2D eigenvalue weighted by atomic mass is 16.2. The summed E-state index contributed by atoms with van der Waals surface area (Å²) in [5, 5.41) is 17.5. The summed E-state index contributed by atoms with van der Waals surface area (Å²) in [7, 11) is 0. The maximum atomic E-state index is 12.4. The molecule has 0 saturated heterocycles. The van der Waals surface area contributed by atoms with Crippen molar-refractivity contribution in [2.75, 3.05) is 11.1 Å². The number of nitrogens with two attached hydrogens (primary N) is 1. The molecule has 0 atom stereocenters. The van der Waals surface area contributed by atoms with Gasteiger partial charge in [-0.05, 0) is 25.0 Å². The molecule has 2 aromatic heterocycles. The van der Waals surface area contributed by atoms with Crippen LogP contribution in [0.15, 0.2) is 24.4 Å². The van der Waals surface area contributed by atoms with Crippen molar-refractivity contribution in [1.82, 2.24) is 20.4 Å². The number of aromatic nitrogens is 4. The number of nitrogens with one attached hydrogen (secondary N) is 3. The Labute approximate surface area is 119 Å². The van der Waals surface area contributed by atoms with Gasteiger partial charge in [0.25, 0.3) is 5.91 Å². The van der Waals surface area contributed by atoms with Crippen LogP contribution in [0.25, 0.3) is 10.9 Å². The van der Waals surface area contributed by atoms with Crippen LogP contribution < -0.4 is 11.1 Å². The van der Waals surface area contributed by atoms with Crippen molar-refractivity contribution in [2.45, 2.75) is 18.8 Å². The Hall–Kier alpha value is -2.83. The number of hydrogen-bond donors (Lipinski definition) is 4. The summed E-state index contributed by atoms with van der Waals surface area (Å²) in [4.78, 5) is 12.4. The number of nitrogen functional groups attached to an aromatic ring is 1. The fraction of sp³-hybridized carbons (Fsp3) is 0.214. The van der Waals surface area contributed by atoms with E-state index in [0.717, 1.165) is 29.4 Å². The predicted molar refractivity (Wildman–Crippen MR) is 79.0 cm³/mol. The smallest absolute Gasteiger partial charge is 0.278 e. The lowest BCUT2D eigenvalue weighted by molar-refractivity contribution is 0.102. The highest BCUT2D eigenvalue weighted by Crippen LogP contribution is 2.42. The van der Waals surface area contributed by atoms with Crippen LogP contribution in [-0.2, 0) is 0 Å². The third-order valence-corrected chi connectivity index (χ3v) is 3.77. The standard InChI is InChI=1S/C14H14N6O/c15-11-12(7-4-5-7)19-20-13(11)14(21)17-9-2-1-3-10-8(9)6-16-18-10/h1-3,6-7H,4-5,15H2,(H,16,18)(H,17,21)(H,19,20). The van der Waals surface area contributed by atoms with Crippen LogP contribution in [-0.4, -0.2) is 26.3 Å². The molecule has 0 bridgehead atoms. The maximum Gasteiger partial charge on any atom is 0.278 e. The molecule has 1 saturated carbocycles. The number of benzene rings is 1. The first-order valence-electron chi connectivity index (χ1n) is 6.81. The van der Waals surface area contributed by atoms with E-state index < -0.39 is 0 Å². The zero-order chi connectivity index (χ0) is 14.4. The summed E-state index contributed by atoms with van der Waals surface area (Å²) in [5.41, 5.74) is 9.14. The number of amides is 1. The second-order valence-electron chi connectivity index (χ2n) is 5.26. The number of fused-ring (bicyclic) bond motifs is 1. The van der Waals surface area contributed by atoms with Crippen molar-refractivity contribution in [1.29, 1.82) is 0 Å². The van der Waals surface area contributed by atoms with Gasteiger partial charge in [-0.1, -0.05) is 6.07 Å². The van der Waals surface area contributed by atoms with E-state index in [2.05, 4.69) is 25.7 Å². The van der Waals surface area contributed by atoms with E-state index in [9.17, 15) is 4.79 Å². The number of aromatic amines is 2. The average molecular weight is 282 g/mol. The van der Waals surface area contributed by atoms with E-state index >= 15 is 0 Å².